The summed E-state index contributed by atoms with van der Waals surface area (Å²) in [6.45, 7) is 1.94. The molecule has 0 aromatic heterocycles. The summed E-state index contributed by atoms with van der Waals surface area (Å²) in [5, 5.41) is 3.27. The zero-order chi connectivity index (χ0) is 11.8. The van der Waals surface area contributed by atoms with E-state index in [-0.39, 0.29) is 12.0 Å². The highest BCUT2D eigenvalue weighted by molar-refractivity contribution is 6.01. The zero-order valence-electron chi connectivity index (χ0n) is 9.90. The Morgan fingerprint density at radius 3 is 3.12 bits per heavy atom. The van der Waals surface area contributed by atoms with Crippen LogP contribution in [0.2, 0.25) is 0 Å². The number of nitrogens with one attached hydrogen (secondary N) is 1. The van der Waals surface area contributed by atoms with E-state index in [9.17, 15) is 4.79 Å². The molecule has 90 valence electrons. The maximum atomic E-state index is 11.6. The summed E-state index contributed by atoms with van der Waals surface area (Å²) in [5.41, 5.74) is 2.08. The van der Waals surface area contributed by atoms with Crippen molar-refractivity contribution < 1.29 is 9.53 Å². The van der Waals surface area contributed by atoms with E-state index < -0.39 is 0 Å². The van der Waals surface area contributed by atoms with Gasteiger partial charge in [0.25, 0.3) is 0 Å². The molecule has 0 bridgehead atoms. The number of hydrogen-bond acceptors (Lipinski definition) is 3. The highest BCUT2D eigenvalue weighted by Gasteiger charge is 2.24. The minimum absolute atomic E-state index is 0.152. The molecule has 0 aliphatic carbocycles. The Bertz CT molecular complexity index is 453. The summed E-state index contributed by atoms with van der Waals surface area (Å²) in [6, 6.07) is 5.92. The van der Waals surface area contributed by atoms with E-state index in [4.69, 9.17) is 4.74 Å². The molecule has 1 saturated heterocycles. The predicted molar refractivity (Wildman–Crippen MR) is 65.5 cm³/mol. The average Bonchev–Trinajstić information content (AvgIpc) is 2.89. The van der Waals surface area contributed by atoms with E-state index in [2.05, 4.69) is 5.32 Å². The normalized spacial score (nSPS) is 23.0. The SMILES string of the molecule is CN1C(=O)Cc2cc(OC3CCNC3)ccc21. The van der Waals surface area contributed by atoms with Crippen LogP contribution in [0.4, 0.5) is 5.69 Å². The van der Waals surface area contributed by atoms with Crippen molar-refractivity contribution in [3.63, 3.8) is 0 Å². The number of carbonyl (C=O) groups excluding carboxylic acids is 1. The van der Waals surface area contributed by atoms with Gasteiger partial charge in [0.2, 0.25) is 5.91 Å². The van der Waals surface area contributed by atoms with E-state index in [0.717, 1.165) is 36.5 Å². The van der Waals surface area contributed by atoms with Crippen LogP contribution in [0.25, 0.3) is 0 Å². The number of anilines is 1. The van der Waals surface area contributed by atoms with Crippen LogP contribution >= 0.6 is 0 Å². The number of rotatable bonds is 2. The van der Waals surface area contributed by atoms with Gasteiger partial charge in [-0.2, -0.15) is 0 Å². The maximum absolute atomic E-state index is 11.6. The average molecular weight is 232 g/mol. The molecule has 1 fully saturated rings. The lowest BCUT2D eigenvalue weighted by molar-refractivity contribution is -0.117. The van der Waals surface area contributed by atoms with Crippen molar-refractivity contribution in [3.05, 3.63) is 23.8 Å². The third-order valence-electron chi connectivity index (χ3n) is 3.45. The lowest BCUT2D eigenvalue weighted by atomic mass is 10.1. The first-order valence-corrected chi connectivity index (χ1v) is 6.01. The molecule has 2 aliphatic rings. The van der Waals surface area contributed by atoms with Gasteiger partial charge in [0, 0.05) is 19.3 Å². The molecule has 1 N–H and O–H groups in total. The Labute approximate surface area is 101 Å². The monoisotopic (exact) mass is 232 g/mol. The number of ether oxygens (including phenoxy) is 1. The van der Waals surface area contributed by atoms with Crippen molar-refractivity contribution >= 4 is 11.6 Å². The first-order chi connectivity index (χ1) is 8.24. The zero-order valence-corrected chi connectivity index (χ0v) is 9.90. The van der Waals surface area contributed by atoms with Gasteiger partial charge in [-0.3, -0.25) is 4.79 Å². The molecule has 1 amide bonds. The third kappa shape index (κ3) is 1.89. The Morgan fingerprint density at radius 2 is 2.35 bits per heavy atom. The van der Waals surface area contributed by atoms with Gasteiger partial charge in [0.15, 0.2) is 0 Å². The van der Waals surface area contributed by atoms with Crippen LogP contribution in [0.3, 0.4) is 0 Å². The van der Waals surface area contributed by atoms with Crippen LogP contribution in [0.15, 0.2) is 18.2 Å². The number of amides is 1. The number of fused-ring (bicyclic) bond motifs is 1. The summed E-state index contributed by atoms with van der Waals surface area (Å²) in [4.78, 5) is 13.3. The molecule has 1 aromatic carbocycles. The Balaban J connectivity index is 1.80. The highest BCUT2D eigenvalue weighted by atomic mass is 16.5. The minimum Gasteiger partial charge on any atom is -0.489 e. The van der Waals surface area contributed by atoms with Crippen LogP contribution < -0.4 is 15.0 Å². The lowest BCUT2D eigenvalue weighted by Gasteiger charge is -2.14. The van der Waals surface area contributed by atoms with E-state index >= 15 is 0 Å². The second-order valence-electron chi connectivity index (χ2n) is 4.65. The summed E-state index contributed by atoms with van der Waals surface area (Å²) in [5.74, 6) is 1.03. The largest absolute Gasteiger partial charge is 0.489 e. The fourth-order valence-corrected chi connectivity index (χ4v) is 2.44. The van der Waals surface area contributed by atoms with E-state index in [1.807, 2.05) is 25.2 Å². The summed E-state index contributed by atoms with van der Waals surface area (Å²) in [7, 11) is 1.82. The Morgan fingerprint density at radius 1 is 1.47 bits per heavy atom. The first-order valence-electron chi connectivity index (χ1n) is 6.01. The molecular weight excluding hydrogens is 216 g/mol. The van der Waals surface area contributed by atoms with Crippen molar-refractivity contribution in [2.75, 3.05) is 25.0 Å². The fraction of sp³-hybridized carbons (Fsp3) is 0.462. The summed E-state index contributed by atoms with van der Waals surface area (Å²) in [6.07, 6.45) is 1.81. The minimum atomic E-state index is 0.152. The van der Waals surface area contributed by atoms with Gasteiger partial charge in [-0.1, -0.05) is 0 Å². The molecule has 17 heavy (non-hydrogen) atoms. The van der Waals surface area contributed by atoms with Crippen molar-refractivity contribution in [2.45, 2.75) is 18.9 Å². The Hall–Kier alpha value is -1.55. The predicted octanol–water partition coefficient (Wildman–Crippen LogP) is 0.946. The maximum Gasteiger partial charge on any atom is 0.231 e. The van der Waals surface area contributed by atoms with Crippen LogP contribution in [-0.4, -0.2) is 32.1 Å². The second kappa shape index (κ2) is 4.04. The van der Waals surface area contributed by atoms with Crippen LogP contribution in [-0.2, 0) is 11.2 Å². The molecule has 0 saturated carbocycles. The van der Waals surface area contributed by atoms with Crippen LogP contribution in [0, 0.1) is 0 Å². The summed E-state index contributed by atoms with van der Waals surface area (Å²) < 4.78 is 5.88. The quantitative estimate of drug-likeness (QED) is 0.825. The van der Waals surface area contributed by atoms with E-state index in [1.165, 1.54) is 0 Å². The van der Waals surface area contributed by atoms with Crippen LogP contribution in [0.1, 0.15) is 12.0 Å². The van der Waals surface area contributed by atoms with Gasteiger partial charge < -0.3 is 15.0 Å². The molecule has 2 aliphatic heterocycles. The van der Waals surface area contributed by atoms with Gasteiger partial charge in [0.1, 0.15) is 11.9 Å². The molecule has 0 spiro atoms. The van der Waals surface area contributed by atoms with E-state index in [1.54, 1.807) is 4.90 Å². The smallest absolute Gasteiger partial charge is 0.231 e. The van der Waals surface area contributed by atoms with Gasteiger partial charge in [-0.15, -0.1) is 0 Å². The number of carbonyl (C=O) groups is 1. The van der Waals surface area contributed by atoms with Gasteiger partial charge >= 0.3 is 0 Å². The molecule has 1 unspecified atom stereocenters. The topological polar surface area (TPSA) is 41.6 Å². The molecule has 1 atom stereocenters. The second-order valence-corrected chi connectivity index (χ2v) is 4.65. The number of nitrogens with zero attached hydrogens (tertiary/aromatic N) is 1. The molecule has 4 nitrogen and oxygen atoms in total. The molecular formula is C13H16N2O2. The van der Waals surface area contributed by atoms with E-state index in [0.29, 0.717) is 6.42 Å². The van der Waals surface area contributed by atoms with Crippen molar-refractivity contribution in [3.8, 4) is 5.75 Å². The Kier molecular flexibility index (Phi) is 2.52. The fourth-order valence-electron chi connectivity index (χ4n) is 2.44. The first kappa shape index (κ1) is 10.6. The number of likely N-dealkylation sites (N-methyl/N-ethyl adjacent to an activating group) is 1. The lowest BCUT2D eigenvalue weighted by Crippen LogP contribution is -2.20. The standard InChI is InChI=1S/C13H16N2O2/c1-15-12-3-2-10(6-9(12)7-13(15)16)17-11-4-5-14-8-11/h2-3,6,11,14H,4-5,7-8H2,1H3. The highest BCUT2D eigenvalue weighted by Crippen LogP contribution is 2.31. The molecule has 1 aromatic rings. The number of hydrogen-bond donors (Lipinski definition) is 1. The molecule has 4 heteroatoms. The molecule has 3 rings (SSSR count). The van der Waals surface area contributed by atoms with Crippen molar-refractivity contribution in [2.24, 2.45) is 0 Å². The van der Waals surface area contributed by atoms with Crippen molar-refractivity contribution in [1.82, 2.24) is 5.32 Å². The van der Waals surface area contributed by atoms with Crippen LogP contribution in [0.5, 0.6) is 5.75 Å². The third-order valence-corrected chi connectivity index (χ3v) is 3.45. The van der Waals surface area contributed by atoms with Gasteiger partial charge in [0.05, 0.1) is 6.42 Å². The van der Waals surface area contributed by atoms with Gasteiger partial charge in [-0.05, 0) is 36.7 Å². The van der Waals surface area contributed by atoms with Crippen molar-refractivity contribution in [1.29, 1.82) is 0 Å². The molecule has 0 radical (unpaired) electrons. The molecule has 2 heterocycles. The van der Waals surface area contributed by atoms with Gasteiger partial charge in [-0.25, -0.2) is 0 Å². The number of benzene rings is 1. The summed E-state index contributed by atoms with van der Waals surface area (Å²) >= 11 is 0.